The Morgan fingerprint density at radius 3 is 2.83 bits per heavy atom. The maximum absolute atomic E-state index is 13.6. The van der Waals surface area contributed by atoms with E-state index >= 15 is 0 Å². The molecule has 3 aromatic rings. The summed E-state index contributed by atoms with van der Waals surface area (Å²) in [4.78, 5) is 7.94. The van der Waals surface area contributed by atoms with Gasteiger partial charge < -0.3 is 24.8 Å². The molecule has 1 atom stereocenters. The third-order valence-corrected chi connectivity index (χ3v) is 5.19. The topological polar surface area (TPSA) is 74.6 Å². The van der Waals surface area contributed by atoms with Crippen molar-refractivity contribution in [2.45, 2.75) is 19.3 Å². The van der Waals surface area contributed by atoms with Crippen LogP contribution in [0.3, 0.4) is 0 Å². The van der Waals surface area contributed by atoms with Gasteiger partial charge in [0.05, 0.1) is 12.9 Å². The molecule has 1 fully saturated rings. The number of benzene rings is 1. The third-order valence-electron chi connectivity index (χ3n) is 5.19. The molecule has 1 aromatic carbocycles. The lowest BCUT2D eigenvalue weighted by Crippen LogP contribution is -2.39. The number of rotatable bonds is 8. The van der Waals surface area contributed by atoms with Gasteiger partial charge in [-0.1, -0.05) is 0 Å². The summed E-state index contributed by atoms with van der Waals surface area (Å²) in [6.45, 7) is 3.79. The molecular weight excluding hydrogens is 498 g/mol. The summed E-state index contributed by atoms with van der Waals surface area (Å²) in [5.41, 5.74) is 2.04. The zero-order chi connectivity index (χ0) is 19.9. The number of nitrogens with zero attached hydrogens (tertiary/aromatic N) is 1. The minimum absolute atomic E-state index is 0. The first-order valence-corrected chi connectivity index (χ1v) is 10.2. The van der Waals surface area contributed by atoms with Crippen LogP contribution in [0, 0.1) is 11.7 Å². The van der Waals surface area contributed by atoms with Crippen LogP contribution in [0.5, 0.6) is 0 Å². The van der Waals surface area contributed by atoms with Gasteiger partial charge in [-0.05, 0) is 48.7 Å². The van der Waals surface area contributed by atoms with Crippen LogP contribution in [0.4, 0.5) is 4.39 Å². The summed E-state index contributed by atoms with van der Waals surface area (Å²) in [5.74, 6) is 2.00. The van der Waals surface area contributed by atoms with Gasteiger partial charge in [0.1, 0.15) is 11.6 Å². The van der Waals surface area contributed by atoms with Crippen molar-refractivity contribution in [3.8, 4) is 0 Å². The van der Waals surface area contributed by atoms with Crippen LogP contribution in [0.15, 0.2) is 52.2 Å². The van der Waals surface area contributed by atoms with Crippen LogP contribution in [-0.4, -0.2) is 43.8 Å². The van der Waals surface area contributed by atoms with E-state index in [2.05, 4.69) is 15.6 Å². The minimum atomic E-state index is -0.216. The van der Waals surface area contributed by atoms with E-state index < -0.39 is 0 Å². The maximum atomic E-state index is 13.6. The largest absolute Gasteiger partial charge is 0.469 e. The lowest BCUT2D eigenvalue weighted by Gasteiger charge is -2.13. The fourth-order valence-corrected chi connectivity index (χ4v) is 3.55. The van der Waals surface area contributed by atoms with Gasteiger partial charge in [-0.3, -0.25) is 4.99 Å². The summed E-state index contributed by atoms with van der Waals surface area (Å²) in [7, 11) is 0. The van der Waals surface area contributed by atoms with Crippen LogP contribution >= 0.6 is 24.0 Å². The number of nitrogens with one attached hydrogen (secondary N) is 3. The molecule has 0 saturated carbocycles. The van der Waals surface area contributed by atoms with Gasteiger partial charge in [0.2, 0.25) is 0 Å². The molecule has 1 aliphatic heterocycles. The number of halogens is 2. The third kappa shape index (κ3) is 6.21. The van der Waals surface area contributed by atoms with E-state index in [-0.39, 0.29) is 29.8 Å². The first-order valence-electron chi connectivity index (χ1n) is 10.2. The van der Waals surface area contributed by atoms with Gasteiger partial charge in [0.25, 0.3) is 0 Å². The Hall–Kier alpha value is -2.07. The number of aromatic nitrogens is 1. The second kappa shape index (κ2) is 11.4. The molecule has 0 aliphatic carbocycles. The van der Waals surface area contributed by atoms with Crippen molar-refractivity contribution in [2.75, 3.05) is 32.8 Å². The standard InChI is InChI=1S/C22H27FN4O2.HI/c23-18-3-4-21-20(12-18)17(14-26-21)5-8-24-22(27-13-16-7-11-28-15-16)25-9-6-19-2-1-10-29-19;/h1-4,10,12,14,16,26H,5-9,11,13,15H2,(H2,24,25,27);1H. The first kappa shape index (κ1) is 22.6. The van der Waals surface area contributed by atoms with Gasteiger partial charge in [-0.2, -0.15) is 0 Å². The lowest BCUT2D eigenvalue weighted by molar-refractivity contribution is 0.187. The van der Waals surface area contributed by atoms with Gasteiger partial charge >= 0.3 is 0 Å². The van der Waals surface area contributed by atoms with Crippen LogP contribution in [-0.2, 0) is 17.6 Å². The van der Waals surface area contributed by atoms with Crippen molar-refractivity contribution in [1.29, 1.82) is 0 Å². The normalized spacial score (nSPS) is 16.6. The first-order chi connectivity index (χ1) is 14.3. The molecule has 2 aromatic heterocycles. The Morgan fingerprint density at radius 1 is 1.20 bits per heavy atom. The van der Waals surface area contributed by atoms with Crippen molar-refractivity contribution < 1.29 is 13.5 Å². The lowest BCUT2D eigenvalue weighted by atomic mass is 10.1. The zero-order valence-electron chi connectivity index (χ0n) is 16.8. The van der Waals surface area contributed by atoms with Gasteiger partial charge in [0, 0.05) is 55.7 Å². The number of H-pyrrole nitrogens is 1. The van der Waals surface area contributed by atoms with E-state index in [0.29, 0.717) is 12.5 Å². The Kier molecular flexibility index (Phi) is 8.56. The Morgan fingerprint density at radius 2 is 2.07 bits per heavy atom. The fraction of sp³-hybridized carbons (Fsp3) is 0.409. The molecule has 0 amide bonds. The van der Waals surface area contributed by atoms with Crippen LogP contribution in [0.1, 0.15) is 17.7 Å². The van der Waals surface area contributed by atoms with Crippen molar-refractivity contribution in [3.05, 3.63) is 59.9 Å². The fourth-order valence-electron chi connectivity index (χ4n) is 3.55. The van der Waals surface area contributed by atoms with E-state index in [1.165, 1.54) is 6.07 Å². The van der Waals surface area contributed by atoms with Gasteiger partial charge in [-0.25, -0.2) is 4.39 Å². The van der Waals surface area contributed by atoms with E-state index in [0.717, 1.165) is 73.8 Å². The minimum Gasteiger partial charge on any atom is -0.469 e. The number of aliphatic imine (C=N–C) groups is 1. The molecule has 0 bridgehead atoms. The molecule has 3 heterocycles. The molecule has 8 heteroatoms. The molecule has 162 valence electrons. The Balaban J connectivity index is 0.00000256. The smallest absolute Gasteiger partial charge is 0.191 e. The van der Waals surface area contributed by atoms with E-state index in [1.807, 2.05) is 18.3 Å². The summed E-state index contributed by atoms with van der Waals surface area (Å²) < 4.78 is 24.4. The van der Waals surface area contributed by atoms with E-state index in [4.69, 9.17) is 14.1 Å². The van der Waals surface area contributed by atoms with Crippen molar-refractivity contribution in [3.63, 3.8) is 0 Å². The van der Waals surface area contributed by atoms with E-state index in [9.17, 15) is 4.39 Å². The molecule has 30 heavy (non-hydrogen) atoms. The number of fused-ring (bicyclic) bond motifs is 1. The average Bonchev–Trinajstić information content (AvgIpc) is 3.48. The van der Waals surface area contributed by atoms with Crippen LogP contribution in [0.25, 0.3) is 10.9 Å². The SMILES string of the molecule is Fc1ccc2[nH]cc(CCNC(=NCC3CCOC3)NCCc3ccco3)c2c1.I. The quantitative estimate of drug-likeness (QED) is 0.237. The van der Waals surface area contributed by atoms with Crippen molar-refractivity contribution in [2.24, 2.45) is 10.9 Å². The Labute approximate surface area is 192 Å². The molecule has 6 nitrogen and oxygen atoms in total. The Bertz CT molecular complexity index is 936. The molecule has 1 saturated heterocycles. The molecule has 0 spiro atoms. The summed E-state index contributed by atoms with van der Waals surface area (Å²) in [6, 6.07) is 8.69. The maximum Gasteiger partial charge on any atom is 0.191 e. The number of furan rings is 1. The van der Waals surface area contributed by atoms with E-state index in [1.54, 1.807) is 18.4 Å². The average molecular weight is 526 g/mol. The van der Waals surface area contributed by atoms with Crippen LogP contribution in [0.2, 0.25) is 0 Å². The summed E-state index contributed by atoms with van der Waals surface area (Å²) in [5, 5.41) is 7.71. The van der Waals surface area contributed by atoms with Crippen molar-refractivity contribution >= 4 is 40.8 Å². The zero-order valence-corrected chi connectivity index (χ0v) is 19.2. The van der Waals surface area contributed by atoms with Crippen LogP contribution < -0.4 is 10.6 Å². The predicted molar refractivity (Wildman–Crippen MR) is 127 cm³/mol. The molecule has 4 rings (SSSR count). The summed E-state index contributed by atoms with van der Waals surface area (Å²) >= 11 is 0. The highest BCUT2D eigenvalue weighted by Crippen LogP contribution is 2.19. The van der Waals surface area contributed by atoms with Gasteiger partial charge in [-0.15, -0.1) is 24.0 Å². The number of hydrogen-bond donors (Lipinski definition) is 3. The monoisotopic (exact) mass is 526 g/mol. The number of guanidine groups is 1. The highest BCUT2D eigenvalue weighted by atomic mass is 127. The second-order valence-corrected chi connectivity index (χ2v) is 7.36. The second-order valence-electron chi connectivity index (χ2n) is 7.36. The summed E-state index contributed by atoms with van der Waals surface area (Å²) in [6.07, 6.45) is 6.26. The highest BCUT2D eigenvalue weighted by molar-refractivity contribution is 14.0. The number of aromatic amines is 1. The molecular formula is C22H28FIN4O2. The molecule has 0 radical (unpaired) electrons. The molecule has 1 aliphatic rings. The van der Waals surface area contributed by atoms with Crippen molar-refractivity contribution in [1.82, 2.24) is 15.6 Å². The highest BCUT2D eigenvalue weighted by Gasteiger charge is 2.15. The molecule has 3 N–H and O–H groups in total. The predicted octanol–water partition coefficient (Wildman–Crippen LogP) is 3.87. The van der Waals surface area contributed by atoms with Gasteiger partial charge in [0.15, 0.2) is 5.96 Å². The molecule has 1 unspecified atom stereocenters. The number of hydrogen-bond acceptors (Lipinski definition) is 3. The number of ether oxygens (including phenoxy) is 1.